The van der Waals surface area contributed by atoms with Crippen LogP contribution in [0.4, 0.5) is 5.69 Å². The second-order valence-electron chi connectivity index (χ2n) is 4.26. The highest BCUT2D eigenvalue weighted by Gasteiger charge is 2.36. The zero-order valence-electron chi connectivity index (χ0n) is 9.53. The molecule has 0 atom stereocenters. The molecular weight excluding hydrogens is 238 g/mol. The quantitative estimate of drug-likeness (QED) is 0.555. The van der Waals surface area contributed by atoms with Crippen LogP contribution >= 0.6 is 0 Å². The Morgan fingerprint density at radius 2 is 2.12 bits per heavy atom. The van der Waals surface area contributed by atoms with Crippen molar-refractivity contribution in [1.82, 2.24) is 0 Å². The van der Waals surface area contributed by atoms with Gasteiger partial charge in [-0.25, -0.2) is 8.42 Å². The minimum atomic E-state index is -3.32. The monoisotopic (exact) mass is 253 g/mol. The summed E-state index contributed by atoms with van der Waals surface area (Å²) in [7, 11) is -3.32. The topological polar surface area (TPSA) is 96.0 Å². The van der Waals surface area contributed by atoms with Crippen molar-refractivity contribution >= 4 is 21.5 Å². The molecule has 2 rings (SSSR count). The van der Waals surface area contributed by atoms with Crippen LogP contribution in [0.15, 0.2) is 18.2 Å². The first-order valence-corrected chi connectivity index (χ1v) is 6.92. The van der Waals surface area contributed by atoms with Gasteiger partial charge in [0.15, 0.2) is 0 Å². The molecule has 92 valence electrons. The van der Waals surface area contributed by atoms with E-state index >= 15 is 0 Å². The van der Waals surface area contributed by atoms with E-state index in [0.29, 0.717) is 24.1 Å². The second kappa shape index (κ2) is 4.03. The lowest BCUT2D eigenvalue weighted by molar-refractivity contribution is 0.600. The van der Waals surface area contributed by atoms with Crippen LogP contribution in [0.25, 0.3) is 0 Å². The number of hydrogen-bond acceptors (Lipinski definition) is 3. The predicted molar refractivity (Wildman–Crippen MR) is 67.8 cm³/mol. The number of aryl methyl sites for hydroxylation is 1. The van der Waals surface area contributed by atoms with Crippen LogP contribution in [0.1, 0.15) is 24.0 Å². The number of hydrogen-bond donors (Lipinski definition) is 3. The largest absolute Gasteiger partial charge is 0.384 e. The fourth-order valence-electron chi connectivity index (χ4n) is 1.73. The molecule has 1 fully saturated rings. The van der Waals surface area contributed by atoms with Gasteiger partial charge in [-0.15, -0.1) is 0 Å². The van der Waals surface area contributed by atoms with E-state index in [-0.39, 0.29) is 11.1 Å². The van der Waals surface area contributed by atoms with Crippen LogP contribution in [0.5, 0.6) is 0 Å². The number of nitrogens with one attached hydrogen (secondary N) is 2. The molecule has 0 heterocycles. The minimum Gasteiger partial charge on any atom is -0.384 e. The second-order valence-corrected chi connectivity index (χ2v) is 6.22. The Labute approximate surface area is 101 Å². The summed E-state index contributed by atoms with van der Waals surface area (Å²) in [6, 6.07) is 5.17. The molecule has 0 aliphatic heterocycles. The first kappa shape index (κ1) is 11.9. The molecule has 0 unspecified atom stereocenters. The lowest BCUT2D eigenvalue weighted by Gasteiger charge is -2.13. The van der Waals surface area contributed by atoms with Gasteiger partial charge in [0.05, 0.1) is 10.9 Å². The van der Waals surface area contributed by atoms with Crippen molar-refractivity contribution in [2.75, 3.05) is 4.72 Å². The molecule has 1 aromatic carbocycles. The molecule has 6 heteroatoms. The van der Waals surface area contributed by atoms with Gasteiger partial charge in [0.25, 0.3) is 0 Å². The van der Waals surface area contributed by atoms with Crippen molar-refractivity contribution in [3.8, 4) is 0 Å². The Morgan fingerprint density at radius 1 is 1.47 bits per heavy atom. The molecule has 0 radical (unpaired) electrons. The van der Waals surface area contributed by atoms with Crippen molar-refractivity contribution < 1.29 is 8.42 Å². The highest BCUT2D eigenvalue weighted by atomic mass is 32.2. The molecular formula is C11H15N3O2S. The average Bonchev–Trinajstić information content (AvgIpc) is 2.98. The SMILES string of the molecule is Cc1cccc(NS(=O)(=O)C2CC2)c1C(=N)N. The van der Waals surface area contributed by atoms with Gasteiger partial charge in [-0.3, -0.25) is 10.1 Å². The molecule has 0 amide bonds. The van der Waals surface area contributed by atoms with Crippen molar-refractivity contribution in [3.63, 3.8) is 0 Å². The number of rotatable bonds is 4. The first-order valence-electron chi connectivity index (χ1n) is 5.37. The highest BCUT2D eigenvalue weighted by molar-refractivity contribution is 7.93. The van der Waals surface area contributed by atoms with Gasteiger partial charge in [-0.1, -0.05) is 12.1 Å². The maximum atomic E-state index is 11.8. The fourth-order valence-corrected chi connectivity index (χ4v) is 3.13. The van der Waals surface area contributed by atoms with Crippen LogP contribution in [0, 0.1) is 12.3 Å². The third-order valence-electron chi connectivity index (χ3n) is 2.76. The van der Waals surface area contributed by atoms with Crippen LogP contribution < -0.4 is 10.5 Å². The molecule has 1 aliphatic carbocycles. The summed E-state index contributed by atoms with van der Waals surface area (Å²) in [4.78, 5) is 0. The highest BCUT2D eigenvalue weighted by Crippen LogP contribution is 2.31. The normalized spacial score (nSPS) is 15.6. The van der Waals surface area contributed by atoms with Gasteiger partial charge in [0.2, 0.25) is 10.0 Å². The number of nitrogen functional groups attached to an aromatic ring is 1. The van der Waals surface area contributed by atoms with Crippen molar-refractivity contribution in [3.05, 3.63) is 29.3 Å². The first-order chi connectivity index (χ1) is 7.92. The van der Waals surface area contributed by atoms with Gasteiger partial charge in [0.1, 0.15) is 5.84 Å². The maximum Gasteiger partial charge on any atom is 0.235 e. The molecule has 0 saturated heterocycles. The summed E-state index contributed by atoms with van der Waals surface area (Å²) < 4.78 is 26.2. The molecule has 5 nitrogen and oxygen atoms in total. The molecule has 0 spiro atoms. The summed E-state index contributed by atoms with van der Waals surface area (Å²) >= 11 is 0. The third kappa shape index (κ3) is 2.41. The Bertz CT molecular complexity index is 562. The minimum absolute atomic E-state index is 0.128. The van der Waals surface area contributed by atoms with E-state index < -0.39 is 10.0 Å². The van der Waals surface area contributed by atoms with E-state index in [0.717, 1.165) is 5.56 Å². The number of amidine groups is 1. The van der Waals surface area contributed by atoms with Gasteiger partial charge in [-0.05, 0) is 31.4 Å². The number of nitrogens with two attached hydrogens (primary N) is 1. The predicted octanol–water partition coefficient (Wildman–Crippen LogP) is 1.18. The van der Waals surface area contributed by atoms with Crippen LogP contribution in [-0.4, -0.2) is 19.5 Å². The lowest BCUT2D eigenvalue weighted by atomic mass is 10.1. The van der Waals surface area contributed by atoms with Crippen LogP contribution in [0.3, 0.4) is 0 Å². The number of benzene rings is 1. The Balaban J connectivity index is 2.39. The Morgan fingerprint density at radius 3 is 2.65 bits per heavy atom. The van der Waals surface area contributed by atoms with Crippen molar-refractivity contribution in [1.29, 1.82) is 5.41 Å². The van der Waals surface area contributed by atoms with Gasteiger partial charge in [0, 0.05) is 5.56 Å². The van der Waals surface area contributed by atoms with Crippen LogP contribution in [-0.2, 0) is 10.0 Å². The Kier molecular flexibility index (Phi) is 2.82. The van der Waals surface area contributed by atoms with E-state index in [4.69, 9.17) is 11.1 Å². The van der Waals surface area contributed by atoms with E-state index in [2.05, 4.69) is 4.72 Å². The lowest BCUT2D eigenvalue weighted by Crippen LogP contribution is -2.22. The summed E-state index contributed by atoms with van der Waals surface area (Å²) in [5.41, 5.74) is 7.11. The van der Waals surface area contributed by atoms with Crippen molar-refractivity contribution in [2.45, 2.75) is 25.0 Å². The zero-order chi connectivity index (χ0) is 12.6. The van der Waals surface area contributed by atoms with Crippen molar-refractivity contribution in [2.24, 2.45) is 5.73 Å². The molecule has 0 bridgehead atoms. The summed E-state index contributed by atoms with van der Waals surface area (Å²) in [5, 5.41) is 7.20. The number of sulfonamides is 1. The van der Waals surface area contributed by atoms with E-state index in [1.54, 1.807) is 25.1 Å². The third-order valence-corrected chi connectivity index (χ3v) is 4.61. The number of anilines is 1. The van der Waals surface area contributed by atoms with E-state index in [1.165, 1.54) is 0 Å². The maximum absolute atomic E-state index is 11.8. The van der Waals surface area contributed by atoms with Gasteiger partial charge >= 0.3 is 0 Å². The molecule has 17 heavy (non-hydrogen) atoms. The van der Waals surface area contributed by atoms with Gasteiger partial charge in [-0.2, -0.15) is 0 Å². The summed E-state index contributed by atoms with van der Waals surface area (Å²) in [6.45, 7) is 1.80. The van der Waals surface area contributed by atoms with Crippen LogP contribution in [0.2, 0.25) is 0 Å². The summed E-state index contributed by atoms with van der Waals surface area (Å²) in [5.74, 6) is -0.128. The Hall–Kier alpha value is -1.56. The smallest absolute Gasteiger partial charge is 0.235 e. The standard InChI is InChI=1S/C11H15N3O2S/c1-7-3-2-4-9(10(7)11(12)13)14-17(15,16)8-5-6-8/h2-4,8,14H,5-6H2,1H3,(H3,12,13). The fraction of sp³-hybridized carbons (Fsp3) is 0.364. The molecule has 4 N–H and O–H groups in total. The average molecular weight is 253 g/mol. The zero-order valence-corrected chi connectivity index (χ0v) is 10.3. The molecule has 1 aliphatic rings. The molecule has 1 saturated carbocycles. The molecule has 0 aromatic heterocycles. The van der Waals surface area contributed by atoms with Gasteiger partial charge < -0.3 is 5.73 Å². The molecule has 1 aromatic rings. The summed E-state index contributed by atoms with van der Waals surface area (Å²) in [6.07, 6.45) is 1.41. The van der Waals surface area contributed by atoms with E-state index in [1.807, 2.05) is 0 Å². The van der Waals surface area contributed by atoms with E-state index in [9.17, 15) is 8.42 Å².